The maximum atomic E-state index is 10.7. The molecular formula is C11H11NO4. The van der Waals surface area contributed by atoms with Gasteiger partial charge in [-0.3, -0.25) is 14.6 Å². The Labute approximate surface area is 92.1 Å². The molecule has 0 aliphatic rings. The van der Waals surface area contributed by atoms with Crippen LogP contribution in [0.2, 0.25) is 0 Å². The van der Waals surface area contributed by atoms with Gasteiger partial charge in [0.25, 0.3) is 0 Å². The number of carboxylic acids is 2. The lowest BCUT2D eigenvalue weighted by Crippen LogP contribution is -2.23. The number of aliphatic carboxylic acids is 2. The summed E-state index contributed by atoms with van der Waals surface area (Å²) < 4.78 is 0. The van der Waals surface area contributed by atoms with Crippen LogP contribution in [0.15, 0.2) is 31.0 Å². The summed E-state index contributed by atoms with van der Waals surface area (Å²) in [6.07, 6.45) is 1.39. The van der Waals surface area contributed by atoms with E-state index in [-0.39, 0.29) is 6.42 Å². The number of aromatic nitrogens is 1. The zero-order valence-electron chi connectivity index (χ0n) is 8.46. The fourth-order valence-corrected chi connectivity index (χ4v) is 1.20. The summed E-state index contributed by atoms with van der Waals surface area (Å²) in [4.78, 5) is 25.3. The molecule has 5 nitrogen and oxygen atoms in total. The Balaban J connectivity index is 2.77. The summed E-state index contributed by atoms with van der Waals surface area (Å²) in [6, 6.07) is 5.09. The zero-order valence-corrected chi connectivity index (χ0v) is 8.46. The third kappa shape index (κ3) is 2.91. The Bertz CT molecular complexity index is 399. The molecular weight excluding hydrogens is 210 g/mol. The van der Waals surface area contributed by atoms with Crippen LogP contribution in [0.1, 0.15) is 12.1 Å². The molecule has 1 aromatic rings. The van der Waals surface area contributed by atoms with E-state index >= 15 is 0 Å². The molecule has 84 valence electrons. The van der Waals surface area contributed by atoms with Gasteiger partial charge >= 0.3 is 11.9 Å². The Morgan fingerprint density at radius 1 is 1.31 bits per heavy atom. The van der Waals surface area contributed by atoms with Gasteiger partial charge in [-0.2, -0.15) is 0 Å². The van der Waals surface area contributed by atoms with Crippen LogP contribution in [0.25, 0.3) is 5.57 Å². The van der Waals surface area contributed by atoms with Crippen LogP contribution in [0.4, 0.5) is 0 Å². The van der Waals surface area contributed by atoms with Crippen molar-refractivity contribution in [1.82, 2.24) is 4.98 Å². The van der Waals surface area contributed by atoms with E-state index in [1.165, 1.54) is 6.20 Å². The lowest BCUT2D eigenvalue weighted by molar-refractivity contribution is -0.154. The smallest absolute Gasteiger partial charge is 0.318 e. The predicted octanol–water partition coefficient (Wildman–Crippen LogP) is 1.27. The van der Waals surface area contributed by atoms with Crippen LogP contribution in [-0.4, -0.2) is 27.1 Å². The summed E-state index contributed by atoms with van der Waals surface area (Å²) in [5, 5.41) is 17.4. The first-order valence-corrected chi connectivity index (χ1v) is 4.57. The molecule has 0 aliphatic carbocycles. The van der Waals surface area contributed by atoms with Crippen molar-refractivity contribution >= 4 is 17.5 Å². The van der Waals surface area contributed by atoms with Crippen molar-refractivity contribution in [2.75, 3.05) is 0 Å². The molecule has 0 saturated heterocycles. The lowest BCUT2D eigenvalue weighted by Gasteiger charge is -2.09. The summed E-state index contributed by atoms with van der Waals surface area (Å²) in [6.45, 7) is 3.64. The van der Waals surface area contributed by atoms with Gasteiger partial charge in [0.15, 0.2) is 5.92 Å². The van der Waals surface area contributed by atoms with E-state index in [0.717, 1.165) is 0 Å². The second-order valence-corrected chi connectivity index (χ2v) is 3.25. The van der Waals surface area contributed by atoms with E-state index in [1.807, 2.05) is 0 Å². The Morgan fingerprint density at radius 3 is 2.38 bits per heavy atom. The Hall–Kier alpha value is -2.17. The van der Waals surface area contributed by atoms with Gasteiger partial charge in [0.2, 0.25) is 0 Å². The fraction of sp³-hybridized carbons (Fsp3) is 0.182. The molecule has 1 rings (SSSR count). The fourth-order valence-electron chi connectivity index (χ4n) is 1.20. The number of nitrogens with zero attached hydrogens (tertiary/aromatic N) is 1. The quantitative estimate of drug-likeness (QED) is 0.731. The maximum absolute atomic E-state index is 10.7. The highest BCUT2D eigenvalue weighted by Crippen LogP contribution is 2.19. The third-order valence-corrected chi connectivity index (χ3v) is 2.07. The largest absolute Gasteiger partial charge is 0.481 e. The van der Waals surface area contributed by atoms with Gasteiger partial charge in [0.1, 0.15) is 0 Å². The van der Waals surface area contributed by atoms with E-state index in [0.29, 0.717) is 11.3 Å². The molecule has 5 heteroatoms. The molecule has 16 heavy (non-hydrogen) atoms. The average molecular weight is 221 g/mol. The average Bonchev–Trinajstić information content (AvgIpc) is 2.25. The number of allylic oxidation sites excluding steroid dienone is 1. The molecule has 0 atom stereocenters. The molecule has 0 aliphatic heterocycles. The van der Waals surface area contributed by atoms with Gasteiger partial charge in [0, 0.05) is 6.20 Å². The van der Waals surface area contributed by atoms with Gasteiger partial charge in [-0.05, 0) is 24.1 Å². The molecule has 0 aromatic carbocycles. The predicted molar refractivity (Wildman–Crippen MR) is 56.6 cm³/mol. The molecule has 1 aromatic heterocycles. The molecule has 0 unspecified atom stereocenters. The first-order valence-electron chi connectivity index (χ1n) is 4.57. The van der Waals surface area contributed by atoms with Crippen molar-refractivity contribution in [2.24, 2.45) is 5.92 Å². The first kappa shape index (κ1) is 11.9. The standard InChI is InChI=1S/C11H11NO4/c1-7(9-4-2-3-5-12-9)6-8(10(13)14)11(15)16/h2-5,8H,1,6H2,(H,13,14)(H,15,16). The van der Waals surface area contributed by atoms with E-state index in [9.17, 15) is 9.59 Å². The number of hydrogen-bond donors (Lipinski definition) is 2. The van der Waals surface area contributed by atoms with Gasteiger partial charge in [-0.15, -0.1) is 0 Å². The van der Waals surface area contributed by atoms with Gasteiger partial charge in [-0.1, -0.05) is 12.6 Å². The van der Waals surface area contributed by atoms with Crippen molar-refractivity contribution in [3.8, 4) is 0 Å². The number of hydrogen-bond acceptors (Lipinski definition) is 3. The highest BCUT2D eigenvalue weighted by molar-refractivity contribution is 5.94. The monoisotopic (exact) mass is 221 g/mol. The van der Waals surface area contributed by atoms with Crippen molar-refractivity contribution in [3.05, 3.63) is 36.7 Å². The van der Waals surface area contributed by atoms with E-state index < -0.39 is 17.9 Å². The minimum Gasteiger partial charge on any atom is -0.481 e. The molecule has 0 saturated carbocycles. The second kappa shape index (κ2) is 5.06. The normalized spacial score (nSPS) is 10.1. The Morgan fingerprint density at radius 2 is 1.94 bits per heavy atom. The third-order valence-electron chi connectivity index (χ3n) is 2.07. The highest BCUT2D eigenvalue weighted by atomic mass is 16.4. The Kier molecular flexibility index (Phi) is 3.77. The summed E-state index contributed by atoms with van der Waals surface area (Å²) in [7, 11) is 0. The number of pyridine rings is 1. The minimum absolute atomic E-state index is 0.151. The van der Waals surface area contributed by atoms with Crippen LogP contribution in [0.3, 0.4) is 0 Å². The van der Waals surface area contributed by atoms with Crippen molar-refractivity contribution in [3.63, 3.8) is 0 Å². The summed E-state index contributed by atoms with van der Waals surface area (Å²) >= 11 is 0. The minimum atomic E-state index is -1.48. The van der Waals surface area contributed by atoms with E-state index in [1.54, 1.807) is 18.2 Å². The molecule has 2 N–H and O–H groups in total. The van der Waals surface area contributed by atoms with Crippen LogP contribution in [-0.2, 0) is 9.59 Å². The molecule has 0 spiro atoms. The van der Waals surface area contributed by atoms with Crippen molar-refractivity contribution in [2.45, 2.75) is 6.42 Å². The van der Waals surface area contributed by atoms with Gasteiger partial charge < -0.3 is 10.2 Å². The van der Waals surface area contributed by atoms with Crippen LogP contribution in [0, 0.1) is 5.92 Å². The van der Waals surface area contributed by atoms with E-state index in [2.05, 4.69) is 11.6 Å². The van der Waals surface area contributed by atoms with Crippen molar-refractivity contribution in [1.29, 1.82) is 0 Å². The molecule has 0 radical (unpaired) electrons. The van der Waals surface area contributed by atoms with Crippen LogP contribution in [0.5, 0.6) is 0 Å². The lowest BCUT2D eigenvalue weighted by atomic mass is 9.98. The summed E-state index contributed by atoms with van der Waals surface area (Å²) in [5.41, 5.74) is 0.908. The zero-order chi connectivity index (χ0) is 12.1. The molecule has 0 bridgehead atoms. The topological polar surface area (TPSA) is 87.5 Å². The number of carboxylic acid groups (broad SMARTS) is 2. The van der Waals surface area contributed by atoms with E-state index in [4.69, 9.17) is 10.2 Å². The number of carbonyl (C=O) groups is 2. The maximum Gasteiger partial charge on any atom is 0.318 e. The van der Waals surface area contributed by atoms with Crippen molar-refractivity contribution < 1.29 is 19.8 Å². The molecule has 0 amide bonds. The molecule has 0 fully saturated rings. The first-order chi connectivity index (χ1) is 7.52. The second-order valence-electron chi connectivity index (χ2n) is 3.25. The summed E-state index contributed by atoms with van der Waals surface area (Å²) in [5.74, 6) is -4.22. The molecule has 1 heterocycles. The van der Waals surface area contributed by atoms with Crippen LogP contribution < -0.4 is 0 Å². The SMILES string of the molecule is C=C(CC(C(=O)O)C(=O)O)c1ccccn1. The highest BCUT2D eigenvalue weighted by Gasteiger charge is 2.26. The number of rotatable bonds is 5. The van der Waals surface area contributed by atoms with Gasteiger partial charge in [0.05, 0.1) is 5.69 Å². The van der Waals surface area contributed by atoms with Crippen LogP contribution >= 0.6 is 0 Å². The van der Waals surface area contributed by atoms with Gasteiger partial charge in [-0.25, -0.2) is 0 Å².